The molecule has 0 N–H and O–H groups in total. The molecule has 8 heteroatoms. The maximum absolute atomic E-state index is 12.3. The van der Waals surface area contributed by atoms with E-state index in [2.05, 4.69) is 9.59 Å². The van der Waals surface area contributed by atoms with Crippen molar-refractivity contribution in [2.24, 2.45) is 0 Å². The second kappa shape index (κ2) is 4.86. The molecule has 1 amide bonds. The molecule has 0 atom stereocenters. The zero-order chi connectivity index (χ0) is 13.4. The van der Waals surface area contributed by atoms with E-state index in [1.807, 2.05) is 0 Å². The van der Waals surface area contributed by atoms with Crippen molar-refractivity contribution in [1.82, 2.24) is 9.59 Å². The highest BCUT2D eigenvalue weighted by Gasteiger charge is 2.32. The number of fused-ring (bicyclic) bond motifs is 1. The molecule has 19 heavy (non-hydrogen) atoms. The second-order valence-corrected chi connectivity index (χ2v) is 5.63. The minimum Gasteiger partial charge on any atom is -0.301 e. The zero-order valence-electron chi connectivity index (χ0n) is 9.42. The predicted molar refractivity (Wildman–Crippen MR) is 68.7 cm³/mol. The van der Waals surface area contributed by atoms with Gasteiger partial charge in [0.05, 0.1) is 6.54 Å². The number of aromatic nitrogens is 2. The van der Waals surface area contributed by atoms with Gasteiger partial charge >= 0.3 is 0 Å². The Morgan fingerprint density at radius 1 is 1.42 bits per heavy atom. The number of carbonyl (C=O) groups is 1. The first-order valence-electron chi connectivity index (χ1n) is 5.33. The molecule has 0 unspecified atom stereocenters. The predicted octanol–water partition coefficient (Wildman–Crippen LogP) is 3.01. The Balaban J connectivity index is 1.88. The molecule has 98 valence electrons. The first-order chi connectivity index (χ1) is 9.15. The quantitative estimate of drug-likeness (QED) is 0.817. The van der Waals surface area contributed by atoms with Gasteiger partial charge in [-0.1, -0.05) is 22.3 Å². The fourth-order valence-electron chi connectivity index (χ4n) is 1.85. The molecule has 3 rings (SSSR count). The van der Waals surface area contributed by atoms with Gasteiger partial charge in [-0.25, -0.2) is 0 Å². The third-order valence-corrected chi connectivity index (χ3v) is 4.12. The van der Waals surface area contributed by atoms with E-state index in [1.54, 1.807) is 24.3 Å². The summed E-state index contributed by atoms with van der Waals surface area (Å²) in [6.45, 7) is 0.341. The zero-order valence-corrected chi connectivity index (χ0v) is 11.0. The van der Waals surface area contributed by atoms with Crippen LogP contribution in [0.4, 0.5) is 14.5 Å². The Bertz CT molecular complexity index is 632. The van der Waals surface area contributed by atoms with Crippen LogP contribution in [0.1, 0.15) is 15.4 Å². The second-order valence-electron chi connectivity index (χ2n) is 3.82. The van der Waals surface area contributed by atoms with E-state index in [9.17, 15) is 13.6 Å². The largest absolute Gasteiger partial charge is 0.301 e. The van der Waals surface area contributed by atoms with Crippen LogP contribution in [0, 0.1) is 0 Å². The Kier molecular flexibility index (Phi) is 3.19. The van der Waals surface area contributed by atoms with Crippen molar-refractivity contribution in [2.45, 2.75) is 17.2 Å². The van der Waals surface area contributed by atoms with Crippen LogP contribution in [-0.2, 0) is 6.54 Å². The van der Waals surface area contributed by atoms with Crippen molar-refractivity contribution in [3.8, 4) is 0 Å². The first-order valence-corrected chi connectivity index (χ1v) is 6.98. The van der Waals surface area contributed by atoms with Crippen LogP contribution in [0.3, 0.4) is 0 Å². The molecule has 0 spiro atoms. The summed E-state index contributed by atoms with van der Waals surface area (Å²) in [6, 6.07) is 6.55. The number of carbonyl (C=O) groups excluding carboxylic acids is 1. The molecule has 0 fully saturated rings. The molecule has 0 saturated heterocycles. The van der Waals surface area contributed by atoms with Gasteiger partial charge in [-0.3, -0.25) is 4.79 Å². The van der Waals surface area contributed by atoms with E-state index in [0.717, 1.165) is 11.5 Å². The maximum atomic E-state index is 12.3. The fraction of sp³-hybridized carbons (Fsp3) is 0.182. The van der Waals surface area contributed by atoms with E-state index in [4.69, 9.17) is 0 Å². The molecule has 0 saturated carbocycles. The number of hydrogen-bond donors (Lipinski definition) is 0. The minimum absolute atomic E-state index is 0.177. The number of anilines is 1. The van der Waals surface area contributed by atoms with Gasteiger partial charge in [0.1, 0.15) is 10.6 Å². The minimum atomic E-state index is -2.47. The van der Waals surface area contributed by atoms with Crippen molar-refractivity contribution >= 4 is 34.9 Å². The molecule has 0 radical (unpaired) electrons. The van der Waals surface area contributed by atoms with Gasteiger partial charge < -0.3 is 4.90 Å². The van der Waals surface area contributed by atoms with Crippen LogP contribution in [0.25, 0.3) is 0 Å². The molecule has 2 aromatic rings. The smallest absolute Gasteiger partial charge is 0.288 e. The number of alkyl halides is 2. The van der Waals surface area contributed by atoms with E-state index in [-0.39, 0.29) is 5.91 Å². The number of hydrogen-bond acceptors (Lipinski definition) is 5. The Labute approximate surface area is 115 Å². The Hall–Kier alpha value is -1.54. The van der Waals surface area contributed by atoms with E-state index in [1.165, 1.54) is 4.90 Å². The van der Waals surface area contributed by atoms with Gasteiger partial charge in [-0.2, -0.15) is 8.78 Å². The number of halogens is 2. The normalized spacial score (nSPS) is 14.3. The molecular weight excluding hydrogens is 292 g/mol. The van der Waals surface area contributed by atoms with Gasteiger partial charge in [0.15, 0.2) is 0 Å². The SMILES string of the molecule is O=C1c2snnc2CN1c1cccc(SC(F)F)c1. The molecule has 0 bridgehead atoms. The van der Waals surface area contributed by atoms with Gasteiger partial charge in [-0.15, -0.1) is 5.10 Å². The van der Waals surface area contributed by atoms with Crippen LogP contribution in [0.2, 0.25) is 0 Å². The summed E-state index contributed by atoms with van der Waals surface area (Å²) < 4.78 is 28.4. The summed E-state index contributed by atoms with van der Waals surface area (Å²) in [5, 5.41) is 3.87. The number of benzene rings is 1. The molecule has 1 aliphatic heterocycles. The summed E-state index contributed by atoms with van der Waals surface area (Å²) in [7, 11) is 0. The van der Waals surface area contributed by atoms with E-state index in [0.29, 0.717) is 39.5 Å². The lowest BCUT2D eigenvalue weighted by atomic mass is 10.3. The summed E-state index contributed by atoms with van der Waals surface area (Å²) in [5.41, 5.74) is 1.24. The molecule has 1 aromatic carbocycles. The number of nitrogens with zero attached hydrogens (tertiary/aromatic N) is 3. The molecule has 2 heterocycles. The lowest BCUT2D eigenvalue weighted by Crippen LogP contribution is -2.23. The number of thioether (sulfide) groups is 1. The Morgan fingerprint density at radius 2 is 2.26 bits per heavy atom. The van der Waals surface area contributed by atoms with Crippen LogP contribution in [0.5, 0.6) is 0 Å². The van der Waals surface area contributed by atoms with Crippen molar-refractivity contribution in [1.29, 1.82) is 0 Å². The van der Waals surface area contributed by atoms with Gasteiger partial charge in [0, 0.05) is 10.6 Å². The lowest BCUT2D eigenvalue weighted by molar-refractivity contribution is 0.1000. The average Bonchev–Trinajstić information content (AvgIpc) is 2.92. The van der Waals surface area contributed by atoms with E-state index < -0.39 is 5.76 Å². The molecule has 1 aromatic heterocycles. The average molecular weight is 299 g/mol. The van der Waals surface area contributed by atoms with Gasteiger partial charge in [-0.05, 0) is 29.7 Å². The maximum Gasteiger partial charge on any atom is 0.288 e. The number of amides is 1. The van der Waals surface area contributed by atoms with Crippen molar-refractivity contribution in [3.63, 3.8) is 0 Å². The van der Waals surface area contributed by atoms with Gasteiger partial charge in [0.2, 0.25) is 0 Å². The topological polar surface area (TPSA) is 46.1 Å². The monoisotopic (exact) mass is 299 g/mol. The van der Waals surface area contributed by atoms with Crippen molar-refractivity contribution in [3.05, 3.63) is 34.8 Å². The summed E-state index contributed by atoms with van der Waals surface area (Å²) in [4.78, 5) is 14.6. The molecular formula is C11H7F2N3OS2. The third kappa shape index (κ3) is 2.33. The lowest BCUT2D eigenvalue weighted by Gasteiger charge is -2.16. The van der Waals surface area contributed by atoms with Crippen molar-refractivity contribution < 1.29 is 13.6 Å². The molecule has 1 aliphatic rings. The standard InChI is InChI=1S/C11H7F2N3OS2/c12-11(13)18-7-3-1-2-6(4-7)16-5-8-9(10(16)17)19-15-14-8/h1-4,11H,5H2. The summed E-state index contributed by atoms with van der Waals surface area (Å²) >= 11 is 1.52. The third-order valence-electron chi connectivity index (χ3n) is 2.66. The summed E-state index contributed by atoms with van der Waals surface area (Å²) in [5.74, 6) is -2.65. The van der Waals surface area contributed by atoms with Crippen LogP contribution < -0.4 is 4.90 Å². The highest BCUT2D eigenvalue weighted by Crippen LogP contribution is 2.32. The summed E-state index contributed by atoms with van der Waals surface area (Å²) in [6.07, 6.45) is 0. The van der Waals surface area contributed by atoms with Crippen LogP contribution in [-0.4, -0.2) is 21.3 Å². The van der Waals surface area contributed by atoms with Gasteiger partial charge in [0.25, 0.3) is 11.7 Å². The Morgan fingerprint density at radius 3 is 3.00 bits per heavy atom. The fourth-order valence-corrected chi connectivity index (χ4v) is 3.03. The van der Waals surface area contributed by atoms with Crippen LogP contribution in [0.15, 0.2) is 29.2 Å². The number of rotatable bonds is 3. The molecule has 0 aliphatic carbocycles. The highest BCUT2D eigenvalue weighted by molar-refractivity contribution is 7.99. The first kappa shape index (κ1) is 12.5. The van der Waals surface area contributed by atoms with E-state index >= 15 is 0 Å². The molecule has 4 nitrogen and oxygen atoms in total. The van der Waals surface area contributed by atoms with Crippen LogP contribution >= 0.6 is 23.3 Å². The highest BCUT2D eigenvalue weighted by atomic mass is 32.2. The van der Waals surface area contributed by atoms with Crippen molar-refractivity contribution in [2.75, 3.05) is 4.90 Å².